The molecule has 0 spiro atoms. The monoisotopic (exact) mass is 370 g/mol. The van der Waals surface area contributed by atoms with Gasteiger partial charge in [0.15, 0.2) is 0 Å². The number of allylic oxidation sites excluding steroid dienone is 4. The third-order valence-corrected chi connectivity index (χ3v) is 4.44. The smallest absolute Gasteiger partial charge is 0.281 e. The Balaban J connectivity index is 0. The molecular weight excluding hydrogens is 356 g/mol. The molecule has 0 fully saturated rings. The van der Waals surface area contributed by atoms with Crippen molar-refractivity contribution in [2.24, 2.45) is 5.92 Å². The Labute approximate surface area is 96.6 Å². The third kappa shape index (κ3) is 3.32. The van der Waals surface area contributed by atoms with Crippen molar-refractivity contribution in [1.82, 2.24) is 0 Å². The van der Waals surface area contributed by atoms with Crippen LogP contribution in [0, 0.1) is 5.92 Å². The molecule has 1 rings (SSSR count). The fraction of sp³-hybridized carbons (Fsp3) is 0.455. The predicted molar refractivity (Wildman–Crippen MR) is 51.6 cm³/mol. The normalized spacial score (nSPS) is 19.7. The minimum Gasteiger partial charge on any atom is -0.281 e. The molecule has 3 heteroatoms. The van der Waals surface area contributed by atoms with Crippen LogP contribution in [0.3, 0.4) is 0 Å². The molecule has 1 atom stereocenters. The zero-order chi connectivity index (χ0) is 11.9. The van der Waals surface area contributed by atoms with Crippen molar-refractivity contribution >= 4 is 13.6 Å². The van der Waals surface area contributed by atoms with Crippen molar-refractivity contribution in [2.45, 2.75) is 27.7 Å². The number of rotatable bonds is 0. The van der Waals surface area contributed by atoms with Crippen molar-refractivity contribution in [3.05, 3.63) is 20.8 Å². The summed E-state index contributed by atoms with van der Waals surface area (Å²) < 4.78 is 1.55. The van der Waals surface area contributed by atoms with Crippen LogP contribution >= 0.6 is 0 Å². The van der Waals surface area contributed by atoms with E-state index in [0.717, 1.165) is 0 Å². The minimum atomic E-state index is 0.694. The Morgan fingerprint density at radius 2 is 1.36 bits per heavy atom. The molecule has 0 aliphatic heterocycles. The molecule has 0 heterocycles. The van der Waals surface area contributed by atoms with Gasteiger partial charge in [-0.25, -0.2) is 0 Å². The van der Waals surface area contributed by atoms with Crippen LogP contribution in [-0.4, -0.2) is 13.6 Å². The van der Waals surface area contributed by atoms with Crippen molar-refractivity contribution in [2.75, 3.05) is 0 Å². The molecule has 0 bridgehead atoms. The number of hydrogen-bond acceptors (Lipinski definition) is 2. The maximum atomic E-state index is 7.50. The van der Waals surface area contributed by atoms with Crippen LogP contribution in [0.15, 0.2) is 20.8 Å². The van der Waals surface area contributed by atoms with E-state index in [1.807, 2.05) is 0 Å². The molecule has 1 aliphatic carbocycles. The Hall–Kier alpha value is -0.531. The molecule has 1 aliphatic rings. The maximum absolute atomic E-state index is 7.50. The largest absolute Gasteiger partial charge is 0.281 e. The van der Waals surface area contributed by atoms with Crippen molar-refractivity contribution in [3.8, 4) is 0 Å². The van der Waals surface area contributed by atoms with E-state index < -0.39 is 0 Å². The second kappa shape index (κ2) is 7.83. The van der Waals surface area contributed by atoms with Crippen molar-refractivity contribution in [1.29, 1.82) is 0 Å². The Morgan fingerprint density at radius 1 is 1.00 bits per heavy atom. The summed E-state index contributed by atoms with van der Waals surface area (Å²) in [6.45, 7) is 18.0. The molecule has 14 heavy (non-hydrogen) atoms. The zero-order valence-corrected chi connectivity index (χ0v) is 11.1. The first-order chi connectivity index (χ1) is 6.55. The second-order valence-electron chi connectivity index (χ2n) is 2.98. The molecule has 78 valence electrons. The van der Waals surface area contributed by atoms with E-state index in [1.165, 1.54) is 11.1 Å². The Kier molecular flexibility index (Phi) is 8.91. The first-order valence-corrected chi connectivity index (χ1v) is 5.18. The van der Waals surface area contributed by atoms with Gasteiger partial charge in [0, 0.05) is 0 Å². The number of carbonyl (C=O) groups excluding carboxylic acids is 2. The van der Waals surface area contributed by atoms with E-state index in [0.29, 0.717) is 5.92 Å². The molecule has 0 amide bonds. The molecule has 0 aromatic heterocycles. The van der Waals surface area contributed by atoms with Gasteiger partial charge in [0.25, 0.3) is 13.6 Å². The molecule has 1 unspecified atom stereocenters. The van der Waals surface area contributed by atoms with Gasteiger partial charge in [-0.3, -0.25) is 9.59 Å². The Bertz CT molecular complexity index is 228. The summed E-state index contributed by atoms with van der Waals surface area (Å²) >= 11 is 2.24. The van der Waals surface area contributed by atoms with E-state index in [-0.39, 0.29) is 0 Å². The molecule has 0 aromatic carbocycles. The van der Waals surface area contributed by atoms with Gasteiger partial charge in [-0.05, 0) is 0 Å². The molecular formula is C11H13IrO2. The van der Waals surface area contributed by atoms with Crippen molar-refractivity contribution in [3.63, 3.8) is 0 Å². The fourth-order valence-corrected chi connectivity index (χ4v) is 2.26. The van der Waals surface area contributed by atoms with Gasteiger partial charge in [0.05, 0.1) is 0 Å². The van der Waals surface area contributed by atoms with Crippen LogP contribution in [0.2, 0.25) is 0 Å². The van der Waals surface area contributed by atoms with E-state index in [9.17, 15) is 0 Å². The summed E-state index contributed by atoms with van der Waals surface area (Å²) in [4.78, 5) is 15.0. The SMILES string of the molecule is CC1=C(C)C(C)[C]([Ir])=C1C.[C]=O.[C]=O. The predicted octanol–water partition coefficient (Wildman–Crippen LogP) is 2.00. The minimum absolute atomic E-state index is 0.694. The molecule has 0 N–H and O–H groups in total. The summed E-state index contributed by atoms with van der Waals surface area (Å²) in [5.74, 6) is 0.694. The summed E-state index contributed by atoms with van der Waals surface area (Å²) in [6.07, 6.45) is 0. The van der Waals surface area contributed by atoms with Crippen LogP contribution in [-0.2, 0) is 28.5 Å². The molecule has 2 nitrogen and oxygen atoms in total. The van der Waals surface area contributed by atoms with Crippen LogP contribution in [0.4, 0.5) is 0 Å². The van der Waals surface area contributed by atoms with Gasteiger partial charge in [-0.2, -0.15) is 0 Å². The number of hydrogen-bond donors (Lipinski definition) is 0. The quantitative estimate of drug-likeness (QED) is 0.655. The topological polar surface area (TPSA) is 34.1 Å². The molecule has 0 saturated carbocycles. The van der Waals surface area contributed by atoms with Crippen LogP contribution in [0.5, 0.6) is 0 Å². The van der Waals surface area contributed by atoms with Crippen LogP contribution < -0.4 is 0 Å². The second-order valence-corrected chi connectivity index (χ2v) is 4.27. The average Bonchev–Trinajstić information content (AvgIpc) is 2.42. The van der Waals surface area contributed by atoms with E-state index in [1.54, 1.807) is 9.66 Å². The van der Waals surface area contributed by atoms with Crippen molar-refractivity contribution < 1.29 is 28.5 Å². The Morgan fingerprint density at radius 3 is 1.43 bits per heavy atom. The summed E-state index contributed by atoms with van der Waals surface area (Å²) in [5.41, 5.74) is 4.56. The summed E-state index contributed by atoms with van der Waals surface area (Å²) in [5, 5.41) is 0. The third-order valence-electron chi connectivity index (χ3n) is 2.51. The van der Waals surface area contributed by atoms with E-state index in [4.69, 9.17) is 9.59 Å². The van der Waals surface area contributed by atoms with Gasteiger partial charge in [0.2, 0.25) is 0 Å². The van der Waals surface area contributed by atoms with E-state index >= 15 is 0 Å². The summed E-state index contributed by atoms with van der Waals surface area (Å²) in [6, 6.07) is 0. The zero-order valence-electron chi connectivity index (χ0n) is 8.73. The van der Waals surface area contributed by atoms with Gasteiger partial charge in [-0.15, -0.1) is 0 Å². The van der Waals surface area contributed by atoms with Crippen LogP contribution in [0.1, 0.15) is 27.7 Å². The fourth-order valence-electron chi connectivity index (χ4n) is 1.30. The first-order valence-electron chi connectivity index (χ1n) is 3.98. The van der Waals surface area contributed by atoms with Gasteiger partial charge < -0.3 is 0 Å². The molecule has 0 aromatic rings. The van der Waals surface area contributed by atoms with Gasteiger partial charge >= 0.3 is 73.3 Å². The average molecular weight is 369 g/mol. The standard InChI is InChI=1S/C9H13.2CO.Ir/c1-6-5-7(2)9(4)8(6)3;2*1-2;/h6H,1-4H3;;;. The summed E-state index contributed by atoms with van der Waals surface area (Å²) in [7, 11) is 0. The van der Waals surface area contributed by atoms with Crippen LogP contribution in [0.25, 0.3) is 0 Å². The van der Waals surface area contributed by atoms with E-state index in [2.05, 4.69) is 60.2 Å². The van der Waals surface area contributed by atoms with Gasteiger partial charge in [-0.1, -0.05) is 0 Å². The molecule has 4 radical (unpaired) electrons. The molecule has 0 saturated heterocycles. The van der Waals surface area contributed by atoms with Gasteiger partial charge in [0.1, 0.15) is 0 Å². The first kappa shape index (κ1) is 15.9. The maximum Gasteiger partial charge on any atom is 0.281 e.